The molecule has 0 unspecified atom stereocenters. The lowest BCUT2D eigenvalue weighted by atomic mass is 10.1. The van der Waals surface area contributed by atoms with E-state index < -0.39 is 0 Å². The summed E-state index contributed by atoms with van der Waals surface area (Å²) in [6, 6.07) is 5.79. The maximum absolute atomic E-state index is 12.8. The first-order chi connectivity index (χ1) is 13.4. The second-order valence-electron chi connectivity index (χ2n) is 8.99. The van der Waals surface area contributed by atoms with E-state index in [0.717, 1.165) is 18.4 Å². The summed E-state index contributed by atoms with van der Waals surface area (Å²) in [5.41, 5.74) is 2.42. The van der Waals surface area contributed by atoms with Crippen LogP contribution < -0.4 is 10.1 Å². The van der Waals surface area contributed by atoms with Crippen LogP contribution >= 0.6 is 0 Å². The summed E-state index contributed by atoms with van der Waals surface area (Å²) in [7, 11) is 0. The highest BCUT2D eigenvalue weighted by molar-refractivity contribution is 5.92. The summed E-state index contributed by atoms with van der Waals surface area (Å²) in [5, 5.41) is 7.62. The number of carbonyl (C=O) groups excluding carboxylic acids is 1. The molecule has 0 atom stereocenters. The van der Waals surface area contributed by atoms with Crippen molar-refractivity contribution >= 4 is 5.91 Å². The van der Waals surface area contributed by atoms with Gasteiger partial charge in [0.2, 0.25) is 5.88 Å². The van der Waals surface area contributed by atoms with Gasteiger partial charge in [-0.1, -0.05) is 6.07 Å². The Morgan fingerprint density at radius 3 is 2.68 bits per heavy atom. The van der Waals surface area contributed by atoms with E-state index in [9.17, 15) is 4.79 Å². The lowest BCUT2D eigenvalue weighted by Gasteiger charge is -2.22. The van der Waals surface area contributed by atoms with Crippen LogP contribution in [0.2, 0.25) is 0 Å². The molecule has 2 fully saturated rings. The summed E-state index contributed by atoms with van der Waals surface area (Å²) in [6.45, 7) is 6.75. The molecule has 2 aromatic rings. The highest BCUT2D eigenvalue weighted by Crippen LogP contribution is 2.41. The Balaban J connectivity index is 1.45. The molecule has 0 bridgehead atoms. The topological polar surface area (TPSA) is 69.0 Å². The number of pyridine rings is 1. The largest absolute Gasteiger partial charge is 0.474 e. The first-order valence-electron chi connectivity index (χ1n) is 10.4. The van der Waals surface area contributed by atoms with Crippen molar-refractivity contribution in [2.45, 2.75) is 83.4 Å². The Bertz CT molecular complexity index is 842. The van der Waals surface area contributed by atoms with Gasteiger partial charge in [0.05, 0.1) is 5.54 Å². The van der Waals surface area contributed by atoms with Gasteiger partial charge in [0, 0.05) is 29.9 Å². The molecule has 2 aromatic heterocycles. The predicted octanol–water partition coefficient (Wildman–Crippen LogP) is 4.16. The van der Waals surface area contributed by atoms with Gasteiger partial charge in [0.1, 0.15) is 11.8 Å². The molecular weight excluding hydrogens is 352 g/mol. The minimum Gasteiger partial charge on any atom is -0.474 e. The number of rotatable bonds is 6. The van der Waals surface area contributed by atoms with E-state index >= 15 is 0 Å². The van der Waals surface area contributed by atoms with Crippen LogP contribution in [-0.4, -0.2) is 26.8 Å². The van der Waals surface area contributed by atoms with Crippen LogP contribution in [0.4, 0.5) is 0 Å². The van der Waals surface area contributed by atoms with E-state index in [0.29, 0.717) is 24.0 Å². The molecule has 2 saturated carbocycles. The summed E-state index contributed by atoms with van der Waals surface area (Å²) in [4.78, 5) is 17.1. The summed E-state index contributed by atoms with van der Waals surface area (Å²) in [6.07, 6.45) is 8.93. The van der Waals surface area contributed by atoms with Crippen molar-refractivity contribution in [3.63, 3.8) is 0 Å². The lowest BCUT2D eigenvalue weighted by Crippen LogP contribution is -2.27. The van der Waals surface area contributed by atoms with Crippen molar-refractivity contribution in [1.29, 1.82) is 0 Å². The van der Waals surface area contributed by atoms with E-state index in [4.69, 9.17) is 4.74 Å². The van der Waals surface area contributed by atoms with E-state index in [-0.39, 0.29) is 17.6 Å². The fourth-order valence-electron chi connectivity index (χ4n) is 3.81. The molecule has 1 amide bonds. The van der Waals surface area contributed by atoms with Crippen molar-refractivity contribution in [3.8, 4) is 5.88 Å². The van der Waals surface area contributed by atoms with Crippen molar-refractivity contribution < 1.29 is 9.53 Å². The fraction of sp³-hybridized carbons (Fsp3) is 0.591. The van der Waals surface area contributed by atoms with Crippen LogP contribution in [0.1, 0.15) is 87.0 Å². The van der Waals surface area contributed by atoms with Gasteiger partial charge in [-0.05, 0) is 71.4 Å². The summed E-state index contributed by atoms with van der Waals surface area (Å²) < 4.78 is 8.08. The van der Waals surface area contributed by atoms with Crippen molar-refractivity contribution in [2.24, 2.45) is 0 Å². The minimum absolute atomic E-state index is 0.137. The molecule has 0 aromatic carbocycles. The average Bonchev–Trinajstić information content (AvgIpc) is 3.17. The van der Waals surface area contributed by atoms with Crippen LogP contribution in [0.5, 0.6) is 5.88 Å². The summed E-state index contributed by atoms with van der Waals surface area (Å²) >= 11 is 0. The normalized spacial score (nSPS) is 17.7. The van der Waals surface area contributed by atoms with Gasteiger partial charge >= 0.3 is 0 Å². The van der Waals surface area contributed by atoms with Crippen LogP contribution in [0.15, 0.2) is 24.4 Å². The standard InChI is InChI=1S/C22H30N4O2/c1-22(2,3)26-19(15-10-11-15)13-18(25-26)20(27)24-14-16-7-6-12-23-21(16)28-17-8-4-5-9-17/h6-7,12-13,15,17H,4-5,8-11,14H2,1-3H3,(H,24,27). The van der Waals surface area contributed by atoms with Crippen LogP contribution in [0, 0.1) is 0 Å². The van der Waals surface area contributed by atoms with Gasteiger partial charge in [-0.2, -0.15) is 5.10 Å². The van der Waals surface area contributed by atoms with Gasteiger partial charge < -0.3 is 10.1 Å². The molecule has 0 aliphatic heterocycles. The number of nitrogens with zero attached hydrogens (tertiary/aromatic N) is 3. The number of hydrogen-bond acceptors (Lipinski definition) is 4. The zero-order valence-electron chi connectivity index (χ0n) is 17.1. The molecule has 2 aliphatic carbocycles. The maximum Gasteiger partial charge on any atom is 0.272 e. The van der Waals surface area contributed by atoms with E-state index in [1.54, 1.807) is 6.20 Å². The zero-order chi connectivity index (χ0) is 19.7. The SMILES string of the molecule is CC(C)(C)n1nc(C(=O)NCc2cccnc2OC2CCCC2)cc1C1CC1. The smallest absolute Gasteiger partial charge is 0.272 e. The molecule has 6 nitrogen and oxygen atoms in total. The number of hydrogen-bond donors (Lipinski definition) is 1. The molecule has 28 heavy (non-hydrogen) atoms. The molecule has 1 N–H and O–H groups in total. The van der Waals surface area contributed by atoms with Crippen LogP contribution in [0.3, 0.4) is 0 Å². The molecule has 4 rings (SSSR count). The van der Waals surface area contributed by atoms with Crippen molar-refractivity contribution in [2.75, 3.05) is 0 Å². The highest BCUT2D eigenvalue weighted by atomic mass is 16.5. The first-order valence-corrected chi connectivity index (χ1v) is 10.4. The average molecular weight is 383 g/mol. The number of amides is 1. The Kier molecular flexibility index (Phi) is 5.13. The molecule has 0 radical (unpaired) electrons. The Morgan fingerprint density at radius 2 is 2.00 bits per heavy atom. The third kappa shape index (κ3) is 4.21. The van der Waals surface area contributed by atoms with Gasteiger partial charge in [-0.15, -0.1) is 0 Å². The molecular formula is C22H30N4O2. The van der Waals surface area contributed by atoms with Gasteiger partial charge in [0.15, 0.2) is 0 Å². The number of aromatic nitrogens is 3. The monoisotopic (exact) mass is 382 g/mol. The molecule has 150 valence electrons. The number of carbonyl (C=O) groups is 1. The first kappa shape index (κ1) is 19.0. The quantitative estimate of drug-likeness (QED) is 0.814. The van der Waals surface area contributed by atoms with Gasteiger partial charge in [-0.3, -0.25) is 9.48 Å². The van der Waals surface area contributed by atoms with E-state index in [1.165, 1.54) is 31.4 Å². The van der Waals surface area contributed by atoms with Crippen LogP contribution in [-0.2, 0) is 12.1 Å². The summed E-state index contributed by atoms with van der Waals surface area (Å²) in [5.74, 6) is 1.02. The number of nitrogens with one attached hydrogen (secondary N) is 1. The Labute approximate surface area is 166 Å². The third-order valence-corrected chi connectivity index (χ3v) is 5.47. The van der Waals surface area contributed by atoms with Crippen molar-refractivity contribution in [3.05, 3.63) is 41.3 Å². The zero-order valence-corrected chi connectivity index (χ0v) is 17.1. The second-order valence-corrected chi connectivity index (χ2v) is 8.99. The molecule has 6 heteroatoms. The second kappa shape index (κ2) is 7.57. The predicted molar refractivity (Wildman–Crippen MR) is 107 cm³/mol. The lowest BCUT2D eigenvalue weighted by molar-refractivity contribution is 0.0943. The van der Waals surface area contributed by atoms with Gasteiger partial charge in [-0.25, -0.2) is 4.98 Å². The minimum atomic E-state index is -0.152. The molecule has 2 heterocycles. The fourth-order valence-corrected chi connectivity index (χ4v) is 3.81. The van der Waals surface area contributed by atoms with Crippen molar-refractivity contribution in [1.82, 2.24) is 20.1 Å². The number of ether oxygens (including phenoxy) is 1. The van der Waals surface area contributed by atoms with E-state index in [2.05, 4.69) is 36.2 Å². The highest BCUT2D eigenvalue weighted by Gasteiger charge is 2.32. The maximum atomic E-state index is 12.8. The Hall–Kier alpha value is -2.37. The third-order valence-electron chi connectivity index (χ3n) is 5.47. The van der Waals surface area contributed by atoms with Crippen LogP contribution in [0.25, 0.3) is 0 Å². The molecule has 2 aliphatic rings. The molecule has 0 spiro atoms. The molecule has 0 saturated heterocycles. The van der Waals surface area contributed by atoms with E-state index in [1.807, 2.05) is 22.9 Å². The van der Waals surface area contributed by atoms with Gasteiger partial charge in [0.25, 0.3) is 5.91 Å². The Morgan fingerprint density at radius 1 is 1.25 bits per heavy atom.